The van der Waals surface area contributed by atoms with E-state index in [2.05, 4.69) is 0 Å². The first-order valence-corrected chi connectivity index (χ1v) is 6.56. The van der Waals surface area contributed by atoms with Gasteiger partial charge in [0.2, 0.25) is 0 Å². The summed E-state index contributed by atoms with van der Waals surface area (Å²) in [7, 11) is 1.64. The van der Waals surface area contributed by atoms with Crippen molar-refractivity contribution >= 4 is 11.0 Å². The van der Waals surface area contributed by atoms with E-state index in [-0.39, 0.29) is 0 Å². The molecule has 0 aliphatic heterocycles. The van der Waals surface area contributed by atoms with Crippen molar-refractivity contribution in [2.45, 2.75) is 12.5 Å². The van der Waals surface area contributed by atoms with Crippen LogP contribution in [0.2, 0.25) is 0 Å². The summed E-state index contributed by atoms with van der Waals surface area (Å²) in [4.78, 5) is 0. The zero-order chi connectivity index (χ0) is 13.9. The zero-order valence-electron chi connectivity index (χ0n) is 11.2. The number of aliphatic hydroxyl groups is 1. The highest BCUT2D eigenvalue weighted by Gasteiger charge is 2.12. The number of aliphatic hydroxyl groups excluding tert-OH is 1. The summed E-state index contributed by atoms with van der Waals surface area (Å²) in [6, 6.07) is 17.2. The normalized spacial score (nSPS) is 12.5. The lowest BCUT2D eigenvalue weighted by Gasteiger charge is -2.08. The molecular formula is C17H16O3. The summed E-state index contributed by atoms with van der Waals surface area (Å²) in [6.45, 7) is 0. The second-order valence-corrected chi connectivity index (χ2v) is 4.75. The van der Waals surface area contributed by atoms with E-state index in [9.17, 15) is 5.11 Å². The second kappa shape index (κ2) is 5.39. The summed E-state index contributed by atoms with van der Waals surface area (Å²) < 4.78 is 10.9. The lowest BCUT2D eigenvalue weighted by atomic mass is 10.1. The summed E-state index contributed by atoms with van der Waals surface area (Å²) in [6.07, 6.45) is -0.0975. The molecule has 102 valence electrons. The van der Waals surface area contributed by atoms with Crippen LogP contribution in [-0.4, -0.2) is 12.2 Å². The van der Waals surface area contributed by atoms with Crippen molar-refractivity contribution in [3.05, 3.63) is 65.9 Å². The smallest absolute Gasteiger partial charge is 0.134 e. The van der Waals surface area contributed by atoms with Gasteiger partial charge in [0, 0.05) is 11.8 Å². The Bertz CT molecular complexity index is 701. The molecule has 1 unspecified atom stereocenters. The van der Waals surface area contributed by atoms with E-state index in [1.165, 1.54) is 0 Å². The number of fused-ring (bicyclic) bond motifs is 1. The quantitative estimate of drug-likeness (QED) is 0.784. The van der Waals surface area contributed by atoms with Gasteiger partial charge in [0.25, 0.3) is 0 Å². The summed E-state index contributed by atoms with van der Waals surface area (Å²) in [5.74, 6) is 1.57. The molecule has 0 radical (unpaired) electrons. The molecule has 3 aromatic rings. The van der Waals surface area contributed by atoms with Crippen molar-refractivity contribution in [3.63, 3.8) is 0 Å². The SMILES string of the molecule is COc1ccc2oc(CC(O)c3ccccc3)cc2c1. The molecule has 0 bridgehead atoms. The van der Waals surface area contributed by atoms with Crippen molar-refractivity contribution in [3.8, 4) is 5.75 Å². The highest BCUT2D eigenvalue weighted by Crippen LogP contribution is 2.27. The van der Waals surface area contributed by atoms with Crippen molar-refractivity contribution in [2.75, 3.05) is 7.11 Å². The van der Waals surface area contributed by atoms with Crippen LogP contribution < -0.4 is 4.74 Å². The third-order valence-corrected chi connectivity index (χ3v) is 3.35. The summed E-state index contributed by atoms with van der Waals surface area (Å²) >= 11 is 0. The van der Waals surface area contributed by atoms with Crippen LogP contribution in [0, 0.1) is 0 Å². The van der Waals surface area contributed by atoms with Crippen molar-refractivity contribution in [2.24, 2.45) is 0 Å². The first-order valence-electron chi connectivity index (χ1n) is 6.56. The topological polar surface area (TPSA) is 42.6 Å². The number of methoxy groups -OCH3 is 1. The third-order valence-electron chi connectivity index (χ3n) is 3.35. The molecule has 1 N–H and O–H groups in total. The molecule has 3 rings (SSSR count). The highest BCUT2D eigenvalue weighted by atomic mass is 16.5. The van der Waals surface area contributed by atoms with Gasteiger partial charge in [0.15, 0.2) is 0 Å². The van der Waals surface area contributed by atoms with E-state index < -0.39 is 6.10 Å². The number of rotatable bonds is 4. The molecule has 2 aromatic carbocycles. The Labute approximate surface area is 117 Å². The van der Waals surface area contributed by atoms with Crippen LogP contribution in [0.25, 0.3) is 11.0 Å². The molecule has 0 amide bonds. The summed E-state index contributed by atoms with van der Waals surface area (Å²) in [5, 5.41) is 11.2. The van der Waals surface area contributed by atoms with Crippen molar-refractivity contribution in [1.29, 1.82) is 0 Å². The van der Waals surface area contributed by atoms with Crippen LogP contribution in [0.4, 0.5) is 0 Å². The highest BCUT2D eigenvalue weighted by molar-refractivity contribution is 5.79. The van der Waals surface area contributed by atoms with Crippen LogP contribution in [0.5, 0.6) is 5.75 Å². The van der Waals surface area contributed by atoms with Gasteiger partial charge >= 0.3 is 0 Å². The molecule has 3 nitrogen and oxygen atoms in total. The Kier molecular flexibility index (Phi) is 3.44. The minimum atomic E-state index is -0.557. The van der Waals surface area contributed by atoms with Gasteiger partial charge in [-0.2, -0.15) is 0 Å². The number of furan rings is 1. The maximum Gasteiger partial charge on any atom is 0.134 e. The molecule has 20 heavy (non-hydrogen) atoms. The number of hydrogen-bond acceptors (Lipinski definition) is 3. The van der Waals surface area contributed by atoms with Gasteiger partial charge in [-0.25, -0.2) is 0 Å². The van der Waals surface area contributed by atoms with E-state index in [1.54, 1.807) is 7.11 Å². The summed E-state index contributed by atoms with van der Waals surface area (Å²) in [5.41, 5.74) is 1.70. The Morgan fingerprint density at radius 2 is 1.90 bits per heavy atom. The Morgan fingerprint density at radius 3 is 2.65 bits per heavy atom. The number of benzene rings is 2. The lowest BCUT2D eigenvalue weighted by Crippen LogP contribution is -2.00. The van der Waals surface area contributed by atoms with Crippen LogP contribution in [0.15, 0.2) is 59.0 Å². The average molecular weight is 268 g/mol. The molecule has 1 atom stereocenters. The molecule has 1 aromatic heterocycles. The molecule has 0 saturated carbocycles. The molecule has 0 aliphatic carbocycles. The molecule has 1 heterocycles. The van der Waals surface area contributed by atoms with E-state index in [0.29, 0.717) is 6.42 Å². The van der Waals surface area contributed by atoms with E-state index in [1.807, 2.05) is 54.6 Å². The fourth-order valence-corrected chi connectivity index (χ4v) is 2.29. The van der Waals surface area contributed by atoms with Crippen LogP contribution in [0.3, 0.4) is 0 Å². The Morgan fingerprint density at radius 1 is 1.10 bits per heavy atom. The van der Waals surface area contributed by atoms with Gasteiger partial charge in [0.05, 0.1) is 13.2 Å². The van der Waals surface area contributed by atoms with Gasteiger partial charge < -0.3 is 14.3 Å². The van der Waals surface area contributed by atoms with Gasteiger partial charge in [0.1, 0.15) is 17.1 Å². The average Bonchev–Trinajstić information content (AvgIpc) is 2.89. The second-order valence-electron chi connectivity index (χ2n) is 4.75. The Hall–Kier alpha value is -2.26. The maximum atomic E-state index is 10.2. The zero-order valence-corrected chi connectivity index (χ0v) is 11.2. The molecular weight excluding hydrogens is 252 g/mol. The van der Waals surface area contributed by atoms with Crippen LogP contribution in [0.1, 0.15) is 17.4 Å². The first-order chi connectivity index (χ1) is 9.76. The van der Waals surface area contributed by atoms with Crippen LogP contribution >= 0.6 is 0 Å². The van der Waals surface area contributed by atoms with E-state index >= 15 is 0 Å². The minimum Gasteiger partial charge on any atom is -0.497 e. The number of hydrogen-bond donors (Lipinski definition) is 1. The van der Waals surface area contributed by atoms with Gasteiger partial charge in [-0.15, -0.1) is 0 Å². The third kappa shape index (κ3) is 2.53. The van der Waals surface area contributed by atoms with Gasteiger partial charge in [-0.05, 0) is 29.8 Å². The fourth-order valence-electron chi connectivity index (χ4n) is 2.29. The van der Waals surface area contributed by atoms with Crippen LogP contribution in [-0.2, 0) is 6.42 Å². The van der Waals surface area contributed by atoms with Crippen molar-refractivity contribution in [1.82, 2.24) is 0 Å². The molecule has 0 spiro atoms. The Balaban J connectivity index is 1.84. The van der Waals surface area contributed by atoms with E-state index in [0.717, 1.165) is 28.0 Å². The molecule has 0 aliphatic rings. The molecule has 0 saturated heterocycles. The lowest BCUT2D eigenvalue weighted by molar-refractivity contribution is 0.171. The van der Waals surface area contributed by atoms with E-state index in [4.69, 9.17) is 9.15 Å². The molecule has 0 fully saturated rings. The predicted molar refractivity (Wildman–Crippen MR) is 77.9 cm³/mol. The monoisotopic (exact) mass is 268 g/mol. The predicted octanol–water partition coefficient (Wildman–Crippen LogP) is 3.72. The van der Waals surface area contributed by atoms with Gasteiger partial charge in [-0.1, -0.05) is 30.3 Å². The largest absolute Gasteiger partial charge is 0.497 e. The fraction of sp³-hybridized carbons (Fsp3) is 0.176. The first kappa shape index (κ1) is 12.8. The van der Waals surface area contributed by atoms with Gasteiger partial charge in [-0.3, -0.25) is 0 Å². The maximum absolute atomic E-state index is 10.2. The van der Waals surface area contributed by atoms with Crippen molar-refractivity contribution < 1.29 is 14.3 Å². The minimum absolute atomic E-state index is 0.459. The standard InChI is InChI=1S/C17H16O3/c1-19-14-7-8-17-13(9-14)10-15(20-17)11-16(18)12-5-3-2-4-6-12/h2-10,16,18H,11H2,1H3. The number of ether oxygens (including phenoxy) is 1. The molecule has 3 heteroatoms.